The molecule has 0 aromatic carbocycles. The summed E-state index contributed by atoms with van der Waals surface area (Å²) in [4.78, 5) is 0. The lowest BCUT2D eigenvalue weighted by Crippen LogP contribution is -2.22. The fraction of sp³-hybridized carbons (Fsp3) is 1.00. The summed E-state index contributed by atoms with van der Waals surface area (Å²) >= 11 is 0. The Morgan fingerprint density at radius 2 is 1.50 bits per heavy atom. The van der Waals surface area contributed by atoms with Gasteiger partial charge in [-0.1, -0.05) is 0 Å². The SMILES string of the molecule is O.O[C@@H]1COC[C@@H]1O. The molecule has 1 aliphatic rings. The number of hydrogen-bond donors (Lipinski definition) is 2. The van der Waals surface area contributed by atoms with Gasteiger partial charge in [-0.15, -0.1) is 0 Å². The quantitative estimate of drug-likeness (QED) is 0.386. The lowest BCUT2D eigenvalue weighted by atomic mass is 10.3. The molecule has 0 bridgehead atoms. The van der Waals surface area contributed by atoms with Crippen LogP contribution < -0.4 is 0 Å². The van der Waals surface area contributed by atoms with Crippen molar-refractivity contribution in [1.82, 2.24) is 0 Å². The second kappa shape index (κ2) is 2.99. The number of aliphatic hydroxyl groups excluding tert-OH is 2. The largest absolute Gasteiger partial charge is 0.412 e. The van der Waals surface area contributed by atoms with E-state index in [0.717, 1.165) is 0 Å². The minimum atomic E-state index is -0.653. The van der Waals surface area contributed by atoms with Crippen LogP contribution in [0.1, 0.15) is 0 Å². The monoisotopic (exact) mass is 122 g/mol. The summed E-state index contributed by atoms with van der Waals surface area (Å²) in [5.74, 6) is 0. The molecule has 0 spiro atoms. The molecule has 0 aromatic heterocycles. The van der Waals surface area contributed by atoms with E-state index in [1.165, 1.54) is 0 Å². The van der Waals surface area contributed by atoms with E-state index in [4.69, 9.17) is 10.2 Å². The lowest BCUT2D eigenvalue weighted by Gasteiger charge is -2.00. The first kappa shape index (κ1) is 7.84. The summed E-state index contributed by atoms with van der Waals surface area (Å²) in [6.07, 6.45) is -1.31. The number of rotatable bonds is 0. The highest BCUT2D eigenvalue weighted by Crippen LogP contribution is 2.02. The van der Waals surface area contributed by atoms with E-state index in [-0.39, 0.29) is 18.7 Å². The van der Waals surface area contributed by atoms with Crippen molar-refractivity contribution in [2.75, 3.05) is 13.2 Å². The second-order valence-corrected chi connectivity index (χ2v) is 1.67. The molecule has 0 unspecified atom stereocenters. The van der Waals surface area contributed by atoms with Gasteiger partial charge in [0.15, 0.2) is 0 Å². The van der Waals surface area contributed by atoms with E-state index in [1.807, 2.05) is 0 Å². The minimum Gasteiger partial charge on any atom is -0.412 e. The molecule has 50 valence electrons. The van der Waals surface area contributed by atoms with E-state index in [0.29, 0.717) is 0 Å². The zero-order valence-electron chi connectivity index (χ0n) is 4.37. The van der Waals surface area contributed by atoms with E-state index in [9.17, 15) is 0 Å². The maximum Gasteiger partial charge on any atom is 0.105 e. The van der Waals surface area contributed by atoms with Crippen LogP contribution in [0.4, 0.5) is 0 Å². The highest BCUT2D eigenvalue weighted by Gasteiger charge is 2.22. The molecule has 0 saturated carbocycles. The van der Waals surface area contributed by atoms with Crippen LogP contribution in [0, 0.1) is 0 Å². The Morgan fingerprint density at radius 3 is 1.62 bits per heavy atom. The van der Waals surface area contributed by atoms with E-state index in [2.05, 4.69) is 4.74 Å². The van der Waals surface area contributed by atoms with Gasteiger partial charge in [-0.25, -0.2) is 0 Å². The first-order chi connectivity index (χ1) is 3.30. The number of ether oxygens (including phenoxy) is 1. The molecular formula is C4H10O4. The van der Waals surface area contributed by atoms with Crippen LogP contribution in [0.25, 0.3) is 0 Å². The molecule has 1 rings (SSSR count). The summed E-state index contributed by atoms with van der Waals surface area (Å²) in [6.45, 7) is 0.558. The Hall–Kier alpha value is -0.160. The van der Waals surface area contributed by atoms with Crippen LogP contribution in [-0.2, 0) is 4.74 Å². The van der Waals surface area contributed by atoms with Crippen molar-refractivity contribution in [3.8, 4) is 0 Å². The molecule has 4 N–H and O–H groups in total. The Bertz CT molecular complexity index is 57.1. The number of hydrogen-bond acceptors (Lipinski definition) is 3. The summed E-state index contributed by atoms with van der Waals surface area (Å²) in [5.41, 5.74) is 0. The molecular weight excluding hydrogens is 112 g/mol. The van der Waals surface area contributed by atoms with E-state index >= 15 is 0 Å². The molecule has 1 saturated heterocycles. The summed E-state index contributed by atoms with van der Waals surface area (Å²) < 4.78 is 4.67. The standard InChI is InChI=1S/C4H8O3.H2O/c5-3-1-7-2-4(3)6;/h3-6H,1-2H2;1H2/t3-,4+;. The average molecular weight is 122 g/mol. The molecule has 1 aliphatic heterocycles. The first-order valence-electron chi connectivity index (χ1n) is 2.24. The van der Waals surface area contributed by atoms with Crippen molar-refractivity contribution in [2.45, 2.75) is 12.2 Å². The molecule has 4 heteroatoms. The van der Waals surface area contributed by atoms with Crippen molar-refractivity contribution in [3.63, 3.8) is 0 Å². The lowest BCUT2D eigenvalue weighted by molar-refractivity contribution is 0.0572. The van der Waals surface area contributed by atoms with Gasteiger partial charge in [0, 0.05) is 0 Å². The van der Waals surface area contributed by atoms with Crippen LogP contribution in [0.5, 0.6) is 0 Å². The zero-order chi connectivity index (χ0) is 5.28. The van der Waals surface area contributed by atoms with Crippen molar-refractivity contribution in [1.29, 1.82) is 0 Å². The molecule has 4 nitrogen and oxygen atoms in total. The van der Waals surface area contributed by atoms with Gasteiger partial charge in [0.2, 0.25) is 0 Å². The summed E-state index contributed by atoms with van der Waals surface area (Å²) in [5, 5.41) is 17.2. The van der Waals surface area contributed by atoms with Gasteiger partial charge in [0.25, 0.3) is 0 Å². The van der Waals surface area contributed by atoms with Crippen molar-refractivity contribution < 1.29 is 20.4 Å². The topological polar surface area (TPSA) is 81.2 Å². The number of aliphatic hydroxyl groups is 2. The van der Waals surface area contributed by atoms with Crippen molar-refractivity contribution in [2.24, 2.45) is 0 Å². The maximum absolute atomic E-state index is 8.62. The van der Waals surface area contributed by atoms with Gasteiger partial charge in [0.1, 0.15) is 12.2 Å². The van der Waals surface area contributed by atoms with Crippen molar-refractivity contribution >= 4 is 0 Å². The third-order valence-corrected chi connectivity index (χ3v) is 1.02. The van der Waals surface area contributed by atoms with Gasteiger partial charge in [-0.2, -0.15) is 0 Å². The molecule has 0 aromatic rings. The smallest absolute Gasteiger partial charge is 0.105 e. The predicted octanol–water partition coefficient (Wildman–Crippen LogP) is -2.09. The minimum absolute atomic E-state index is 0. The van der Waals surface area contributed by atoms with Gasteiger partial charge >= 0.3 is 0 Å². The molecule has 0 amide bonds. The molecule has 1 fully saturated rings. The van der Waals surface area contributed by atoms with Crippen molar-refractivity contribution in [3.05, 3.63) is 0 Å². The van der Waals surface area contributed by atoms with E-state index in [1.54, 1.807) is 0 Å². The fourth-order valence-electron chi connectivity index (χ4n) is 0.532. The average Bonchev–Trinajstić information content (AvgIpc) is 1.91. The molecule has 8 heavy (non-hydrogen) atoms. The van der Waals surface area contributed by atoms with Crippen LogP contribution >= 0.6 is 0 Å². The van der Waals surface area contributed by atoms with Crippen LogP contribution in [-0.4, -0.2) is 41.1 Å². The zero-order valence-corrected chi connectivity index (χ0v) is 4.37. The molecule has 1 heterocycles. The Kier molecular flexibility index (Phi) is 2.93. The molecule has 2 atom stereocenters. The van der Waals surface area contributed by atoms with Gasteiger partial charge < -0.3 is 20.4 Å². The Labute approximate surface area is 47.0 Å². The second-order valence-electron chi connectivity index (χ2n) is 1.67. The normalized spacial score (nSPS) is 36.8. The highest BCUT2D eigenvalue weighted by molar-refractivity contribution is 4.71. The molecule has 0 radical (unpaired) electrons. The van der Waals surface area contributed by atoms with Gasteiger partial charge in [-0.05, 0) is 0 Å². The third-order valence-electron chi connectivity index (χ3n) is 1.02. The van der Waals surface area contributed by atoms with Gasteiger partial charge in [-0.3, -0.25) is 0 Å². The van der Waals surface area contributed by atoms with Gasteiger partial charge in [0.05, 0.1) is 13.2 Å². The van der Waals surface area contributed by atoms with Crippen LogP contribution in [0.15, 0.2) is 0 Å². The Morgan fingerprint density at radius 1 is 1.12 bits per heavy atom. The third kappa shape index (κ3) is 1.41. The maximum atomic E-state index is 8.62. The summed E-state index contributed by atoms with van der Waals surface area (Å²) in [6, 6.07) is 0. The highest BCUT2D eigenvalue weighted by atomic mass is 16.5. The first-order valence-corrected chi connectivity index (χ1v) is 2.24. The fourth-order valence-corrected chi connectivity index (χ4v) is 0.532. The summed E-state index contributed by atoms with van der Waals surface area (Å²) in [7, 11) is 0. The van der Waals surface area contributed by atoms with E-state index < -0.39 is 12.2 Å². The van der Waals surface area contributed by atoms with Crippen LogP contribution in [0.2, 0.25) is 0 Å². The van der Waals surface area contributed by atoms with Crippen LogP contribution in [0.3, 0.4) is 0 Å². The molecule has 0 aliphatic carbocycles. The predicted molar refractivity (Wildman–Crippen MR) is 26.4 cm³/mol. The Balaban J connectivity index is 0.000000490.